The number of nitrogens with zero attached hydrogens (tertiary/aromatic N) is 3. The third-order valence-electron chi connectivity index (χ3n) is 5.40. The Morgan fingerprint density at radius 3 is 2.48 bits per heavy atom. The lowest BCUT2D eigenvalue weighted by atomic mass is 9.90. The molecule has 0 saturated carbocycles. The van der Waals surface area contributed by atoms with Crippen LogP contribution in [0, 0.1) is 18.2 Å². The highest BCUT2D eigenvalue weighted by atomic mass is 32.2. The molecule has 0 aliphatic carbocycles. The third-order valence-corrected chi connectivity index (χ3v) is 7.84. The van der Waals surface area contributed by atoms with Crippen molar-refractivity contribution in [2.75, 3.05) is 18.9 Å². The number of amidine groups is 1. The van der Waals surface area contributed by atoms with Crippen LogP contribution in [0.3, 0.4) is 0 Å². The van der Waals surface area contributed by atoms with Gasteiger partial charge in [0.1, 0.15) is 16.4 Å². The maximum Gasteiger partial charge on any atom is 0.293 e. The first kappa shape index (κ1) is 22.8. The fourth-order valence-electron chi connectivity index (χ4n) is 3.39. The normalized spacial score (nSPS) is 23.0. The lowest BCUT2D eigenvalue weighted by Crippen LogP contribution is -2.51. The zero-order valence-corrected chi connectivity index (χ0v) is 18.8. The quantitative estimate of drug-likeness (QED) is 0.659. The van der Waals surface area contributed by atoms with E-state index in [2.05, 4.69) is 20.6 Å². The van der Waals surface area contributed by atoms with Crippen molar-refractivity contribution < 1.29 is 17.6 Å². The number of amides is 1. The van der Waals surface area contributed by atoms with Gasteiger partial charge in [-0.15, -0.1) is 0 Å². The molecule has 11 heteroatoms. The van der Waals surface area contributed by atoms with Gasteiger partial charge in [0.25, 0.3) is 5.91 Å². The van der Waals surface area contributed by atoms with E-state index in [1.807, 2.05) is 0 Å². The van der Waals surface area contributed by atoms with E-state index in [-0.39, 0.29) is 29.5 Å². The summed E-state index contributed by atoms with van der Waals surface area (Å²) in [5, 5.41) is 13.8. The van der Waals surface area contributed by atoms with Gasteiger partial charge in [-0.25, -0.2) is 27.1 Å². The van der Waals surface area contributed by atoms with Gasteiger partial charge in [0.15, 0.2) is 0 Å². The lowest BCUT2D eigenvalue weighted by Gasteiger charge is -2.33. The monoisotopic (exact) mass is 448 g/mol. The first-order valence-electron chi connectivity index (χ1n) is 9.51. The van der Waals surface area contributed by atoms with E-state index in [4.69, 9.17) is 5.41 Å². The van der Waals surface area contributed by atoms with Crippen LogP contribution in [0.4, 0.5) is 10.1 Å². The molecule has 1 amide bonds. The average Bonchev–Trinajstić information content (AvgIpc) is 2.72. The number of halogens is 1. The summed E-state index contributed by atoms with van der Waals surface area (Å²) in [6.45, 7) is 6.14. The van der Waals surface area contributed by atoms with E-state index in [1.54, 1.807) is 13.8 Å². The fourth-order valence-corrected chi connectivity index (χ4v) is 4.91. The third kappa shape index (κ3) is 4.02. The van der Waals surface area contributed by atoms with E-state index >= 15 is 0 Å². The number of hydrogen-bond donors (Lipinski definition) is 3. The standard InChI is InChI=1S/C20H25FN6O3S/c1-12-9-23-16(24-10-12)17(28)25-13-6-7-15(21)14(8-13)20(4)11-27(5)31(29,30)19(2,3)18(22)26-20/h6-10H,11H2,1-5H3,(H2,22,26)(H,25,28)/t20-/m0/s1. The van der Waals surface area contributed by atoms with Gasteiger partial charge in [0.2, 0.25) is 15.8 Å². The maximum atomic E-state index is 14.9. The van der Waals surface area contributed by atoms with Gasteiger partial charge in [-0.1, -0.05) is 0 Å². The Morgan fingerprint density at radius 1 is 1.26 bits per heavy atom. The largest absolute Gasteiger partial charge is 0.362 e. The summed E-state index contributed by atoms with van der Waals surface area (Å²) in [6.07, 6.45) is 3.02. The predicted molar refractivity (Wildman–Crippen MR) is 115 cm³/mol. The summed E-state index contributed by atoms with van der Waals surface area (Å²) in [7, 11) is -2.45. The molecule has 1 fully saturated rings. The van der Waals surface area contributed by atoms with Crippen molar-refractivity contribution in [1.82, 2.24) is 19.6 Å². The number of hydrogen-bond acceptors (Lipinski definition) is 6. The molecule has 1 saturated heterocycles. The number of benzene rings is 1. The van der Waals surface area contributed by atoms with Crippen molar-refractivity contribution in [2.45, 2.75) is 38.0 Å². The number of rotatable bonds is 3. The summed E-state index contributed by atoms with van der Waals surface area (Å²) < 4.78 is 40.2. The molecule has 0 spiro atoms. The molecule has 31 heavy (non-hydrogen) atoms. The van der Waals surface area contributed by atoms with E-state index in [9.17, 15) is 17.6 Å². The molecule has 166 valence electrons. The number of nitrogens with one attached hydrogen (secondary N) is 3. The molecular formula is C20H25FN6O3S. The van der Waals surface area contributed by atoms with Crippen LogP contribution in [-0.4, -0.2) is 52.8 Å². The second-order valence-corrected chi connectivity index (χ2v) is 10.9. The molecule has 1 aromatic heterocycles. The SMILES string of the molecule is Cc1cnc(C(=O)Nc2ccc(F)c([C@]3(C)CN(C)S(=O)(=O)C(C)(C)C(=N)N3)c2)nc1. The summed E-state index contributed by atoms with van der Waals surface area (Å²) in [5.74, 6) is -1.45. The Hall–Kier alpha value is -2.92. The van der Waals surface area contributed by atoms with Crippen LogP contribution in [0.25, 0.3) is 0 Å². The van der Waals surface area contributed by atoms with Crippen molar-refractivity contribution in [1.29, 1.82) is 5.41 Å². The Morgan fingerprint density at radius 2 is 1.87 bits per heavy atom. The minimum atomic E-state index is -3.85. The fraction of sp³-hybridized carbons (Fsp3) is 0.400. The van der Waals surface area contributed by atoms with E-state index in [1.165, 1.54) is 51.5 Å². The van der Waals surface area contributed by atoms with Crippen molar-refractivity contribution >= 4 is 27.5 Å². The molecular weight excluding hydrogens is 423 g/mol. The van der Waals surface area contributed by atoms with Crippen LogP contribution in [0.15, 0.2) is 30.6 Å². The zero-order valence-electron chi connectivity index (χ0n) is 17.9. The van der Waals surface area contributed by atoms with Gasteiger partial charge in [0, 0.05) is 37.2 Å². The molecule has 1 atom stereocenters. The van der Waals surface area contributed by atoms with Crippen molar-refractivity contribution in [3.8, 4) is 0 Å². The summed E-state index contributed by atoms with van der Waals surface area (Å²) >= 11 is 0. The molecule has 2 heterocycles. The minimum absolute atomic E-state index is 0.0374. The number of likely N-dealkylation sites (N-methyl/N-ethyl adjacent to an activating group) is 1. The number of sulfonamides is 1. The Kier molecular flexibility index (Phi) is 5.61. The van der Waals surface area contributed by atoms with Crippen LogP contribution in [-0.2, 0) is 15.6 Å². The van der Waals surface area contributed by atoms with Crippen LogP contribution in [0.1, 0.15) is 42.5 Å². The lowest BCUT2D eigenvalue weighted by molar-refractivity contribution is 0.101. The minimum Gasteiger partial charge on any atom is -0.362 e. The Bertz CT molecular complexity index is 1150. The van der Waals surface area contributed by atoms with Crippen LogP contribution in [0.5, 0.6) is 0 Å². The average molecular weight is 449 g/mol. The second kappa shape index (κ2) is 7.65. The second-order valence-electron chi connectivity index (χ2n) is 8.34. The number of aromatic nitrogens is 2. The topological polar surface area (TPSA) is 128 Å². The predicted octanol–water partition coefficient (Wildman–Crippen LogP) is 2.01. The van der Waals surface area contributed by atoms with Crippen LogP contribution < -0.4 is 10.6 Å². The van der Waals surface area contributed by atoms with Gasteiger partial charge in [0.05, 0.1) is 5.54 Å². The molecule has 3 rings (SSSR count). The number of carbonyl (C=O) groups excluding carboxylic acids is 1. The summed E-state index contributed by atoms with van der Waals surface area (Å²) in [6, 6.07) is 3.99. The van der Waals surface area contributed by atoms with Crippen molar-refractivity contribution in [2.24, 2.45) is 0 Å². The van der Waals surface area contributed by atoms with Crippen LogP contribution in [0.2, 0.25) is 0 Å². The highest BCUT2D eigenvalue weighted by molar-refractivity contribution is 7.91. The van der Waals surface area contributed by atoms with Gasteiger partial charge in [-0.05, 0) is 51.5 Å². The molecule has 2 aromatic rings. The molecule has 9 nitrogen and oxygen atoms in total. The van der Waals surface area contributed by atoms with Crippen molar-refractivity contribution in [3.63, 3.8) is 0 Å². The molecule has 3 N–H and O–H groups in total. The van der Waals surface area contributed by atoms with Crippen LogP contribution >= 0.6 is 0 Å². The first-order chi connectivity index (χ1) is 14.3. The molecule has 0 unspecified atom stereocenters. The summed E-state index contributed by atoms with van der Waals surface area (Å²) in [5.41, 5.74) is -0.0519. The van der Waals surface area contributed by atoms with Gasteiger partial charge in [-0.2, -0.15) is 0 Å². The van der Waals surface area contributed by atoms with E-state index < -0.39 is 32.0 Å². The Balaban J connectivity index is 1.98. The van der Waals surface area contributed by atoms with Crippen molar-refractivity contribution in [3.05, 3.63) is 53.4 Å². The Labute approximate surface area is 180 Å². The molecule has 1 aliphatic heterocycles. The molecule has 0 bridgehead atoms. The highest BCUT2D eigenvalue weighted by Gasteiger charge is 2.49. The van der Waals surface area contributed by atoms with E-state index in [0.29, 0.717) is 0 Å². The number of carbonyl (C=O) groups is 1. The summed E-state index contributed by atoms with van der Waals surface area (Å²) in [4.78, 5) is 20.4. The van der Waals surface area contributed by atoms with E-state index in [0.717, 1.165) is 9.87 Å². The smallest absolute Gasteiger partial charge is 0.293 e. The number of aryl methyl sites for hydroxylation is 1. The van der Waals surface area contributed by atoms with Gasteiger partial charge < -0.3 is 10.6 Å². The maximum absolute atomic E-state index is 14.9. The number of anilines is 1. The first-order valence-corrected chi connectivity index (χ1v) is 10.9. The molecule has 1 aliphatic rings. The zero-order chi connectivity index (χ0) is 23.2. The van der Waals surface area contributed by atoms with Gasteiger partial charge in [-0.3, -0.25) is 10.2 Å². The van der Waals surface area contributed by atoms with Gasteiger partial charge >= 0.3 is 0 Å². The highest BCUT2D eigenvalue weighted by Crippen LogP contribution is 2.34. The molecule has 1 aromatic carbocycles. The molecule has 0 radical (unpaired) electrons.